The summed E-state index contributed by atoms with van der Waals surface area (Å²) in [7, 11) is 0. The molecule has 1 aliphatic heterocycles. The Balaban J connectivity index is 2.33. The highest BCUT2D eigenvalue weighted by Crippen LogP contribution is 1.97. The van der Waals surface area contributed by atoms with Crippen LogP contribution in [0.3, 0.4) is 0 Å². The molecule has 0 atom stereocenters. The summed E-state index contributed by atoms with van der Waals surface area (Å²) >= 11 is 0. The van der Waals surface area contributed by atoms with Crippen LogP contribution in [0, 0.1) is 0 Å². The fraction of sp³-hybridized carbons (Fsp3) is 0.714. The summed E-state index contributed by atoms with van der Waals surface area (Å²) in [6.45, 7) is 2.33. The molecule has 0 amide bonds. The zero-order valence-corrected chi connectivity index (χ0v) is 6.08. The molecule has 0 saturated heterocycles. The third-order valence-electron chi connectivity index (χ3n) is 1.45. The normalized spacial score (nSPS) is 21.9. The van der Waals surface area contributed by atoms with Crippen LogP contribution < -0.4 is 5.73 Å². The first-order valence-corrected chi connectivity index (χ1v) is 3.64. The van der Waals surface area contributed by atoms with Crippen molar-refractivity contribution in [3.05, 3.63) is 0 Å². The van der Waals surface area contributed by atoms with Gasteiger partial charge in [-0.05, 0) is 0 Å². The largest absolute Gasteiger partial charge is 0.329 e. The van der Waals surface area contributed by atoms with Crippen molar-refractivity contribution in [2.45, 2.75) is 12.8 Å². The standard InChI is InChI=1S/C7H13N3/c8-3-6-10-7-1-4-9-5-2-7/h4H,1-3,5-6,8H2. The van der Waals surface area contributed by atoms with Crippen molar-refractivity contribution in [2.24, 2.45) is 15.7 Å². The minimum Gasteiger partial charge on any atom is -0.329 e. The molecular weight excluding hydrogens is 126 g/mol. The lowest BCUT2D eigenvalue weighted by atomic mass is 10.2. The summed E-state index contributed by atoms with van der Waals surface area (Å²) in [6.07, 6.45) is 3.88. The second-order valence-electron chi connectivity index (χ2n) is 2.28. The van der Waals surface area contributed by atoms with Crippen molar-refractivity contribution in [3.63, 3.8) is 0 Å². The third kappa shape index (κ3) is 2.27. The van der Waals surface area contributed by atoms with E-state index in [4.69, 9.17) is 5.73 Å². The van der Waals surface area contributed by atoms with Gasteiger partial charge >= 0.3 is 0 Å². The van der Waals surface area contributed by atoms with Crippen LogP contribution >= 0.6 is 0 Å². The first-order chi connectivity index (χ1) is 4.93. The molecule has 1 rings (SSSR count). The molecule has 0 aromatic rings. The van der Waals surface area contributed by atoms with Crippen LogP contribution in [-0.2, 0) is 0 Å². The van der Waals surface area contributed by atoms with Crippen LogP contribution in [0.2, 0.25) is 0 Å². The highest BCUT2D eigenvalue weighted by atomic mass is 14.8. The Bertz CT molecular complexity index is 149. The van der Waals surface area contributed by atoms with Gasteiger partial charge in [-0.2, -0.15) is 0 Å². The number of aliphatic imine (C=N–C) groups is 2. The molecule has 0 spiro atoms. The van der Waals surface area contributed by atoms with Crippen molar-refractivity contribution in [2.75, 3.05) is 19.6 Å². The maximum atomic E-state index is 5.30. The van der Waals surface area contributed by atoms with Crippen LogP contribution in [0.5, 0.6) is 0 Å². The molecule has 0 aromatic carbocycles. The second kappa shape index (κ2) is 4.17. The Morgan fingerprint density at radius 2 is 2.60 bits per heavy atom. The molecule has 0 unspecified atom stereocenters. The fourth-order valence-electron chi connectivity index (χ4n) is 0.923. The molecule has 0 aromatic heterocycles. The Hall–Kier alpha value is -0.700. The molecule has 0 saturated carbocycles. The number of hydrogen-bond acceptors (Lipinski definition) is 3. The van der Waals surface area contributed by atoms with Crippen molar-refractivity contribution in [1.82, 2.24) is 0 Å². The maximum absolute atomic E-state index is 5.30. The molecule has 10 heavy (non-hydrogen) atoms. The number of nitrogens with zero attached hydrogens (tertiary/aromatic N) is 2. The highest BCUT2D eigenvalue weighted by Gasteiger charge is 2.00. The number of rotatable bonds is 2. The van der Waals surface area contributed by atoms with Gasteiger partial charge in [0.05, 0.1) is 6.54 Å². The average molecular weight is 139 g/mol. The lowest BCUT2D eigenvalue weighted by Gasteiger charge is -2.05. The summed E-state index contributed by atoms with van der Waals surface area (Å²) in [6, 6.07) is 0. The van der Waals surface area contributed by atoms with E-state index in [0.717, 1.165) is 25.9 Å². The van der Waals surface area contributed by atoms with Crippen molar-refractivity contribution >= 4 is 11.9 Å². The molecule has 56 valence electrons. The first-order valence-electron chi connectivity index (χ1n) is 3.64. The Morgan fingerprint density at radius 1 is 1.70 bits per heavy atom. The van der Waals surface area contributed by atoms with Crippen LogP contribution in [0.1, 0.15) is 12.8 Å². The average Bonchev–Trinajstić information content (AvgIpc) is 2.03. The second-order valence-corrected chi connectivity index (χ2v) is 2.28. The van der Waals surface area contributed by atoms with Gasteiger partial charge in [-0.25, -0.2) is 0 Å². The van der Waals surface area contributed by atoms with Crippen LogP contribution in [0.4, 0.5) is 0 Å². The molecule has 3 heteroatoms. The summed E-state index contributed by atoms with van der Waals surface area (Å²) < 4.78 is 0. The van der Waals surface area contributed by atoms with Gasteiger partial charge in [0.15, 0.2) is 0 Å². The Kier molecular flexibility index (Phi) is 3.09. The first kappa shape index (κ1) is 7.41. The van der Waals surface area contributed by atoms with E-state index in [9.17, 15) is 0 Å². The minimum atomic E-state index is 0.653. The molecule has 0 bridgehead atoms. The van der Waals surface area contributed by atoms with Gasteiger partial charge in [-0.1, -0.05) is 0 Å². The Morgan fingerprint density at radius 3 is 3.20 bits per heavy atom. The van der Waals surface area contributed by atoms with Crippen molar-refractivity contribution < 1.29 is 0 Å². The molecule has 0 aliphatic carbocycles. The number of hydrogen-bond donors (Lipinski definition) is 1. The van der Waals surface area contributed by atoms with Gasteiger partial charge < -0.3 is 5.73 Å². The van der Waals surface area contributed by atoms with E-state index >= 15 is 0 Å². The molecule has 2 N–H and O–H groups in total. The molecule has 3 nitrogen and oxygen atoms in total. The van der Waals surface area contributed by atoms with E-state index < -0.39 is 0 Å². The monoisotopic (exact) mass is 139 g/mol. The fourth-order valence-corrected chi connectivity index (χ4v) is 0.923. The zero-order chi connectivity index (χ0) is 7.23. The zero-order valence-electron chi connectivity index (χ0n) is 6.08. The number of nitrogens with two attached hydrogens (primary N) is 1. The van der Waals surface area contributed by atoms with Crippen molar-refractivity contribution in [3.8, 4) is 0 Å². The van der Waals surface area contributed by atoms with Gasteiger partial charge in [0.1, 0.15) is 0 Å². The van der Waals surface area contributed by atoms with Gasteiger partial charge in [-0.15, -0.1) is 0 Å². The summed E-state index contributed by atoms with van der Waals surface area (Å²) in [5, 5.41) is 0. The predicted molar refractivity (Wildman–Crippen MR) is 43.9 cm³/mol. The van der Waals surface area contributed by atoms with Crippen molar-refractivity contribution in [1.29, 1.82) is 0 Å². The topological polar surface area (TPSA) is 50.7 Å². The van der Waals surface area contributed by atoms with E-state index in [1.807, 2.05) is 6.21 Å². The SMILES string of the molecule is NCCN=C1CC=NCC1. The van der Waals surface area contributed by atoms with Crippen LogP contribution in [0.25, 0.3) is 0 Å². The van der Waals surface area contributed by atoms with Crippen LogP contribution in [0.15, 0.2) is 9.98 Å². The molecule has 0 fully saturated rings. The van der Waals surface area contributed by atoms with E-state index in [2.05, 4.69) is 9.98 Å². The molecule has 1 heterocycles. The van der Waals surface area contributed by atoms with E-state index in [0.29, 0.717) is 6.54 Å². The molecule has 1 aliphatic rings. The molecular formula is C7H13N3. The smallest absolute Gasteiger partial charge is 0.0511 e. The van der Waals surface area contributed by atoms with E-state index in [1.165, 1.54) is 5.71 Å². The lowest BCUT2D eigenvalue weighted by molar-refractivity contribution is 0.937. The van der Waals surface area contributed by atoms with E-state index in [-0.39, 0.29) is 0 Å². The van der Waals surface area contributed by atoms with Gasteiger partial charge in [0.2, 0.25) is 0 Å². The maximum Gasteiger partial charge on any atom is 0.0511 e. The van der Waals surface area contributed by atoms with Gasteiger partial charge in [0, 0.05) is 37.9 Å². The third-order valence-corrected chi connectivity index (χ3v) is 1.45. The van der Waals surface area contributed by atoms with Crippen LogP contribution in [-0.4, -0.2) is 31.6 Å². The lowest BCUT2D eigenvalue weighted by Crippen LogP contribution is -2.10. The Labute approximate surface area is 61.1 Å². The van der Waals surface area contributed by atoms with Gasteiger partial charge in [-0.3, -0.25) is 9.98 Å². The van der Waals surface area contributed by atoms with Gasteiger partial charge in [0.25, 0.3) is 0 Å². The summed E-state index contributed by atoms with van der Waals surface area (Å²) in [5.74, 6) is 0. The predicted octanol–water partition coefficient (Wildman–Crippen LogP) is 0.251. The summed E-state index contributed by atoms with van der Waals surface area (Å²) in [5.41, 5.74) is 6.56. The summed E-state index contributed by atoms with van der Waals surface area (Å²) in [4.78, 5) is 8.40. The molecule has 0 radical (unpaired) electrons. The highest BCUT2D eigenvalue weighted by molar-refractivity contribution is 5.97. The quantitative estimate of drug-likeness (QED) is 0.585. The van der Waals surface area contributed by atoms with E-state index in [1.54, 1.807) is 0 Å². The minimum absolute atomic E-state index is 0.653.